The molecule has 0 aromatic heterocycles. The molecule has 0 atom stereocenters. The Hall–Kier alpha value is -2.81. The first-order valence-electron chi connectivity index (χ1n) is 6.61. The number of amides is 1. The smallest absolute Gasteiger partial charge is 0.266 e. The number of halogens is 2. The lowest BCUT2D eigenvalue weighted by atomic mass is 10.1. The fourth-order valence-electron chi connectivity index (χ4n) is 1.83. The van der Waals surface area contributed by atoms with Crippen LogP contribution in [-0.4, -0.2) is 11.9 Å². The Morgan fingerprint density at radius 1 is 1.08 bits per heavy atom. The van der Waals surface area contributed by atoms with Crippen molar-refractivity contribution < 1.29 is 14.7 Å². The molecule has 0 aliphatic carbocycles. The summed E-state index contributed by atoms with van der Waals surface area (Å²) in [5.74, 6) is -1.99. The van der Waals surface area contributed by atoms with E-state index in [2.05, 4.69) is 5.32 Å². The molecule has 0 unspecified atom stereocenters. The molecule has 5 nitrogen and oxygen atoms in total. The van der Waals surface area contributed by atoms with Crippen LogP contribution < -0.4 is 10.4 Å². The van der Waals surface area contributed by atoms with Gasteiger partial charge in [-0.05, 0) is 35.9 Å². The fraction of sp³-hybridized carbons (Fsp3) is 0. The number of nitrogens with zero attached hydrogens (tertiary/aromatic N) is 1. The Labute approximate surface area is 147 Å². The average molecular weight is 360 g/mol. The van der Waals surface area contributed by atoms with Gasteiger partial charge in [-0.2, -0.15) is 5.26 Å². The van der Waals surface area contributed by atoms with Crippen LogP contribution in [-0.2, 0) is 4.79 Å². The van der Waals surface area contributed by atoms with Gasteiger partial charge in [-0.1, -0.05) is 41.4 Å². The number of anilines is 1. The fourth-order valence-corrected chi connectivity index (χ4v) is 2.34. The molecule has 1 N–H and O–H groups in total. The van der Waals surface area contributed by atoms with Crippen molar-refractivity contribution in [3.63, 3.8) is 0 Å². The predicted molar refractivity (Wildman–Crippen MR) is 89.5 cm³/mol. The molecule has 120 valence electrons. The van der Waals surface area contributed by atoms with Gasteiger partial charge in [-0.25, -0.2) is 0 Å². The largest absolute Gasteiger partial charge is 0.545 e. The molecule has 0 fully saturated rings. The lowest BCUT2D eigenvalue weighted by molar-refractivity contribution is -0.255. The van der Waals surface area contributed by atoms with Crippen LogP contribution in [0.3, 0.4) is 0 Å². The maximum Gasteiger partial charge on any atom is 0.266 e. The van der Waals surface area contributed by atoms with Crippen molar-refractivity contribution in [1.82, 2.24) is 0 Å². The van der Waals surface area contributed by atoms with E-state index in [9.17, 15) is 20.0 Å². The molecule has 0 saturated carbocycles. The lowest BCUT2D eigenvalue weighted by Crippen LogP contribution is -2.22. The van der Waals surface area contributed by atoms with E-state index in [4.69, 9.17) is 23.2 Å². The average Bonchev–Trinajstić information content (AvgIpc) is 2.55. The highest BCUT2D eigenvalue weighted by Crippen LogP contribution is 2.26. The number of benzene rings is 2. The topological polar surface area (TPSA) is 93.0 Å². The van der Waals surface area contributed by atoms with Crippen molar-refractivity contribution in [2.24, 2.45) is 0 Å². The normalized spacial score (nSPS) is 10.8. The summed E-state index contributed by atoms with van der Waals surface area (Å²) in [5, 5.41) is 23.0. The molecule has 0 bridgehead atoms. The van der Waals surface area contributed by atoms with Gasteiger partial charge in [0.2, 0.25) is 0 Å². The van der Waals surface area contributed by atoms with Crippen LogP contribution in [0.4, 0.5) is 5.69 Å². The zero-order valence-corrected chi connectivity index (χ0v) is 13.6. The van der Waals surface area contributed by atoms with Crippen LogP contribution in [0.1, 0.15) is 15.9 Å². The Kier molecular flexibility index (Phi) is 5.59. The van der Waals surface area contributed by atoms with E-state index in [0.717, 1.165) is 0 Å². The minimum atomic E-state index is -1.32. The second-order valence-electron chi connectivity index (χ2n) is 4.62. The van der Waals surface area contributed by atoms with E-state index >= 15 is 0 Å². The molecule has 2 aromatic rings. The van der Waals surface area contributed by atoms with Gasteiger partial charge < -0.3 is 15.2 Å². The minimum absolute atomic E-state index is 0.0214. The third kappa shape index (κ3) is 4.13. The van der Waals surface area contributed by atoms with Crippen molar-refractivity contribution in [2.75, 3.05) is 5.32 Å². The molecule has 0 heterocycles. The van der Waals surface area contributed by atoms with Gasteiger partial charge in [0.05, 0.1) is 5.97 Å². The van der Waals surface area contributed by atoms with Gasteiger partial charge in [0.25, 0.3) is 5.91 Å². The quantitative estimate of drug-likeness (QED) is 0.670. The summed E-state index contributed by atoms with van der Waals surface area (Å²) in [6.07, 6.45) is 1.29. The first-order chi connectivity index (χ1) is 11.4. The highest BCUT2D eigenvalue weighted by Gasteiger charge is 2.12. The number of carbonyl (C=O) groups excluding carboxylic acids is 2. The Morgan fingerprint density at radius 2 is 1.67 bits per heavy atom. The summed E-state index contributed by atoms with van der Waals surface area (Å²) in [6.45, 7) is 0. The van der Waals surface area contributed by atoms with Gasteiger partial charge in [0, 0.05) is 21.3 Å². The molecule has 0 radical (unpaired) electrons. The molecule has 24 heavy (non-hydrogen) atoms. The van der Waals surface area contributed by atoms with E-state index in [0.29, 0.717) is 21.3 Å². The molecule has 0 aliphatic heterocycles. The molecule has 7 heteroatoms. The van der Waals surface area contributed by atoms with Crippen LogP contribution in [0.15, 0.2) is 48.0 Å². The second-order valence-corrected chi connectivity index (χ2v) is 5.44. The van der Waals surface area contributed by atoms with Crippen molar-refractivity contribution in [3.05, 3.63) is 69.2 Å². The monoisotopic (exact) mass is 359 g/mol. The number of carboxylic acid groups (broad SMARTS) is 1. The summed E-state index contributed by atoms with van der Waals surface area (Å²) in [4.78, 5) is 22.9. The lowest BCUT2D eigenvalue weighted by Gasteiger charge is -2.07. The zero-order valence-electron chi connectivity index (χ0n) is 12.0. The Morgan fingerprint density at radius 3 is 2.17 bits per heavy atom. The van der Waals surface area contributed by atoms with Crippen molar-refractivity contribution in [3.8, 4) is 6.07 Å². The number of aromatic carboxylic acids is 1. The van der Waals surface area contributed by atoms with Crippen LogP contribution >= 0.6 is 23.2 Å². The highest BCUT2D eigenvalue weighted by molar-refractivity contribution is 6.37. The molecule has 2 aromatic carbocycles. The Bertz CT molecular complexity index is 848. The number of hydrogen-bond donors (Lipinski definition) is 1. The van der Waals surface area contributed by atoms with Crippen molar-refractivity contribution >= 4 is 46.8 Å². The molecule has 0 aliphatic rings. The third-order valence-electron chi connectivity index (χ3n) is 3.03. The van der Waals surface area contributed by atoms with Gasteiger partial charge >= 0.3 is 0 Å². The van der Waals surface area contributed by atoms with Gasteiger partial charge in [-0.15, -0.1) is 0 Å². The van der Waals surface area contributed by atoms with E-state index in [1.165, 1.54) is 30.3 Å². The predicted octanol–water partition coefficient (Wildman–Crippen LogP) is 2.90. The SMILES string of the molecule is N#C/C(=C\c1c(Cl)cccc1Cl)C(=O)Nc1ccc(C(=O)[O-])cc1. The summed E-state index contributed by atoms with van der Waals surface area (Å²) in [6, 6.07) is 11.9. The van der Waals surface area contributed by atoms with Crippen LogP contribution in [0.25, 0.3) is 6.08 Å². The van der Waals surface area contributed by atoms with E-state index in [1.807, 2.05) is 0 Å². The molecular weight excluding hydrogens is 351 g/mol. The minimum Gasteiger partial charge on any atom is -0.545 e. The Balaban J connectivity index is 2.25. The standard InChI is InChI=1S/C17H10Cl2N2O3/c18-14-2-1-3-15(19)13(14)8-11(9-20)16(22)21-12-6-4-10(5-7-12)17(23)24/h1-8H,(H,21,22)(H,23,24)/p-1/b11-8+. The maximum atomic E-state index is 12.2. The number of hydrogen-bond acceptors (Lipinski definition) is 4. The molecule has 0 saturated heterocycles. The number of rotatable bonds is 4. The second kappa shape index (κ2) is 7.64. The van der Waals surface area contributed by atoms with Crippen molar-refractivity contribution in [1.29, 1.82) is 5.26 Å². The van der Waals surface area contributed by atoms with Gasteiger partial charge in [-0.3, -0.25) is 4.79 Å². The summed E-state index contributed by atoms with van der Waals surface area (Å²) in [5.41, 5.74) is 0.470. The highest BCUT2D eigenvalue weighted by atomic mass is 35.5. The molecular formula is C17H9Cl2N2O3-. The number of nitriles is 1. The van der Waals surface area contributed by atoms with E-state index in [-0.39, 0.29) is 11.1 Å². The number of carboxylic acids is 1. The zero-order chi connectivity index (χ0) is 17.7. The van der Waals surface area contributed by atoms with E-state index < -0.39 is 11.9 Å². The molecule has 1 amide bonds. The summed E-state index contributed by atoms with van der Waals surface area (Å²) < 4.78 is 0. The third-order valence-corrected chi connectivity index (χ3v) is 3.69. The first kappa shape index (κ1) is 17.5. The summed E-state index contributed by atoms with van der Waals surface area (Å²) in [7, 11) is 0. The summed E-state index contributed by atoms with van der Waals surface area (Å²) >= 11 is 12.0. The molecule has 0 spiro atoms. The van der Waals surface area contributed by atoms with Crippen LogP contribution in [0.2, 0.25) is 10.0 Å². The van der Waals surface area contributed by atoms with Crippen LogP contribution in [0.5, 0.6) is 0 Å². The van der Waals surface area contributed by atoms with Gasteiger partial charge in [0.15, 0.2) is 0 Å². The number of nitrogens with one attached hydrogen (secondary N) is 1. The van der Waals surface area contributed by atoms with Gasteiger partial charge in [0.1, 0.15) is 11.6 Å². The molecule has 2 rings (SSSR count). The maximum absolute atomic E-state index is 12.2. The van der Waals surface area contributed by atoms with E-state index in [1.54, 1.807) is 24.3 Å². The van der Waals surface area contributed by atoms with Crippen molar-refractivity contribution in [2.45, 2.75) is 0 Å². The first-order valence-corrected chi connectivity index (χ1v) is 7.36. The van der Waals surface area contributed by atoms with Crippen LogP contribution in [0, 0.1) is 11.3 Å². The number of carbonyl (C=O) groups is 2.